The van der Waals surface area contributed by atoms with Crippen LogP contribution in [0.1, 0.15) is 44.8 Å². The molecular weight excluding hydrogens is 324 g/mol. The predicted molar refractivity (Wildman–Crippen MR) is 89.3 cm³/mol. The Bertz CT molecular complexity index is 605. The molecule has 0 spiro atoms. The number of carbonyl (C=O) groups is 3. The maximum atomic E-state index is 12.6. The summed E-state index contributed by atoms with van der Waals surface area (Å²) in [6, 6.07) is 3.33. The van der Waals surface area contributed by atoms with E-state index < -0.39 is 24.0 Å². The van der Waals surface area contributed by atoms with E-state index in [4.69, 9.17) is 9.47 Å². The lowest BCUT2D eigenvalue weighted by atomic mass is 9.97. The van der Waals surface area contributed by atoms with Gasteiger partial charge in [0.2, 0.25) is 12.0 Å². The largest absolute Gasteiger partial charge is 0.463 e. The highest BCUT2D eigenvalue weighted by molar-refractivity contribution is 5.82. The predicted octanol–water partition coefficient (Wildman–Crippen LogP) is 1.88. The fraction of sp³-hybridized carbons (Fsp3) is 0.556. The van der Waals surface area contributed by atoms with E-state index in [1.165, 1.54) is 6.20 Å². The molecule has 2 rings (SSSR count). The zero-order valence-corrected chi connectivity index (χ0v) is 14.6. The summed E-state index contributed by atoms with van der Waals surface area (Å²) in [4.78, 5) is 42.3. The van der Waals surface area contributed by atoms with Crippen molar-refractivity contribution in [3.8, 4) is 0 Å². The van der Waals surface area contributed by atoms with Gasteiger partial charge in [-0.05, 0) is 25.8 Å². The van der Waals surface area contributed by atoms with Crippen LogP contribution < -0.4 is 0 Å². The molecule has 1 saturated heterocycles. The van der Waals surface area contributed by atoms with Gasteiger partial charge in [0.05, 0.1) is 12.5 Å². The number of carbonyl (C=O) groups excluding carboxylic acids is 3. The van der Waals surface area contributed by atoms with Crippen LogP contribution in [0.4, 0.5) is 0 Å². The van der Waals surface area contributed by atoms with Crippen molar-refractivity contribution in [2.24, 2.45) is 5.92 Å². The minimum Gasteiger partial charge on any atom is -0.463 e. The third-order valence-electron chi connectivity index (χ3n) is 4.13. The van der Waals surface area contributed by atoms with E-state index in [1.807, 2.05) is 0 Å². The molecule has 1 aliphatic rings. The van der Waals surface area contributed by atoms with Gasteiger partial charge >= 0.3 is 11.9 Å². The first kappa shape index (κ1) is 18.9. The average molecular weight is 348 g/mol. The molecule has 0 radical (unpaired) electrons. The summed E-state index contributed by atoms with van der Waals surface area (Å²) < 4.78 is 10.5. The maximum absolute atomic E-state index is 12.6. The summed E-state index contributed by atoms with van der Waals surface area (Å²) in [7, 11) is 0. The normalized spacial score (nSPS) is 18.3. The Morgan fingerprint density at radius 3 is 2.80 bits per heavy atom. The van der Waals surface area contributed by atoms with Gasteiger partial charge in [0.25, 0.3) is 0 Å². The summed E-state index contributed by atoms with van der Waals surface area (Å²) in [5.74, 6) is -1.53. The number of likely N-dealkylation sites (tertiary alicyclic amines) is 1. The van der Waals surface area contributed by atoms with E-state index in [1.54, 1.807) is 37.1 Å². The Morgan fingerprint density at radius 1 is 1.36 bits per heavy atom. The quantitative estimate of drug-likeness (QED) is 0.730. The molecular formula is C18H24N2O5. The van der Waals surface area contributed by atoms with Crippen LogP contribution in [0.15, 0.2) is 24.5 Å². The standard InChI is InChI=1S/C18H24N2O5/c1-3-15(21)20-10-6-8-14(12-20)17(22)25-16(18(23)24-4-2)13-7-5-9-19-11-13/h5,7,9,11,14,16H,3-4,6,8,10,12H2,1-2H3/t14-,16-/m1/s1. The zero-order chi connectivity index (χ0) is 18.2. The Hall–Kier alpha value is -2.44. The van der Waals surface area contributed by atoms with E-state index in [0.717, 1.165) is 6.42 Å². The van der Waals surface area contributed by atoms with Gasteiger partial charge < -0.3 is 14.4 Å². The van der Waals surface area contributed by atoms with Crippen molar-refractivity contribution >= 4 is 17.8 Å². The lowest BCUT2D eigenvalue weighted by Gasteiger charge is -2.32. The summed E-state index contributed by atoms with van der Waals surface area (Å²) in [6.45, 7) is 4.66. The maximum Gasteiger partial charge on any atom is 0.352 e. The van der Waals surface area contributed by atoms with Crippen molar-refractivity contribution in [3.63, 3.8) is 0 Å². The van der Waals surface area contributed by atoms with Crippen LogP contribution in [0.2, 0.25) is 0 Å². The number of hydrogen-bond donors (Lipinski definition) is 0. The van der Waals surface area contributed by atoms with Gasteiger partial charge in [-0.3, -0.25) is 14.6 Å². The van der Waals surface area contributed by atoms with E-state index in [0.29, 0.717) is 31.5 Å². The van der Waals surface area contributed by atoms with Gasteiger partial charge in [0.15, 0.2) is 0 Å². The van der Waals surface area contributed by atoms with Gasteiger partial charge in [-0.1, -0.05) is 13.0 Å². The van der Waals surface area contributed by atoms with Gasteiger partial charge in [0, 0.05) is 37.5 Å². The number of aromatic nitrogens is 1. The van der Waals surface area contributed by atoms with Crippen molar-refractivity contribution in [2.45, 2.75) is 39.2 Å². The average Bonchev–Trinajstić information content (AvgIpc) is 2.66. The number of rotatable bonds is 6. The van der Waals surface area contributed by atoms with Crippen LogP contribution in [0, 0.1) is 5.92 Å². The van der Waals surface area contributed by atoms with Crippen LogP contribution in [0.25, 0.3) is 0 Å². The van der Waals surface area contributed by atoms with Crippen LogP contribution in [-0.4, -0.2) is 47.4 Å². The van der Waals surface area contributed by atoms with Crippen LogP contribution in [-0.2, 0) is 23.9 Å². The molecule has 25 heavy (non-hydrogen) atoms. The lowest BCUT2D eigenvalue weighted by Crippen LogP contribution is -2.43. The third kappa shape index (κ3) is 5.01. The fourth-order valence-electron chi connectivity index (χ4n) is 2.83. The first-order valence-electron chi connectivity index (χ1n) is 8.61. The van der Waals surface area contributed by atoms with E-state index >= 15 is 0 Å². The Balaban J connectivity index is 2.08. The molecule has 7 nitrogen and oxygen atoms in total. The number of amides is 1. The second kappa shape index (κ2) is 9.15. The molecule has 7 heteroatoms. The Kier molecular flexibility index (Phi) is 6.91. The number of ether oxygens (including phenoxy) is 2. The van der Waals surface area contributed by atoms with Crippen LogP contribution >= 0.6 is 0 Å². The molecule has 0 unspecified atom stereocenters. The Labute approximate surface area is 147 Å². The summed E-state index contributed by atoms with van der Waals surface area (Å²) in [5, 5.41) is 0. The molecule has 1 aromatic heterocycles. The highest BCUT2D eigenvalue weighted by Gasteiger charge is 2.33. The minimum atomic E-state index is -1.14. The first-order valence-corrected chi connectivity index (χ1v) is 8.61. The molecule has 2 heterocycles. The molecule has 0 saturated carbocycles. The fourth-order valence-corrected chi connectivity index (χ4v) is 2.83. The molecule has 1 amide bonds. The second-order valence-corrected chi connectivity index (χ2v) is 5.89. The Morgan fingerprint density at radius 2 is 2.16 bits per heavy atom. The van der Waals surface area contributed by atoms with E-state index in [2.05, 4.69) is 4.98 Å². The minimum absolute atomic E-state index is 0.0201. The van der Waals surface area contributed by atoms with Crippen molar-refractivity contribution in [1.82, 2.24) is 9.88 Å². The molecule has 0 aliphatic carbocycles. The first-order chi connectivity index (χ1) is 12.1. The molecule has 0 bridgehead atoms. The highest BCUT2D eigenvalue weighted by Crippen LogP contribution is 2.24. The highest BCUT2D eigenvalue weighted by atomic mass is 16.6. The molecule has 1 fully saturated rings. The van der Waals surface area contributed by atoms with E-state index in [9.17, 15) is 14.4 Å². The second-order valence-electron chi connectivity index (χ2n) is 5.89. The van der Waals surface area contributed by atoms with Crippen molar-refractivity contribution < 1.29 is 23.9 Å². The van der Waals surface area contributed by atoms with Gasteiger partial charge in [0.1, 0.15) is 0 Å². The zero-order valence-electron chi connectivity index (χ0n) is 14.6. The molecule has 136 valence electrons. The van der Waals surface area contributed by atoms with E-state index in [-0.39, 0.29) is 12.5 Å². The number of hydrogen-bond acceptors (Lipinski definition) is 6. The molecule has 0 aromatic carbocycles. The number of esters is 2. The van der Waals surface area contributed by atoms with Crippen LogP contribution in [0.3, 0.4) is 0 Å². The SMILES string of the molecule is CCOC(=O)[C@H](OC(=O)[C@@H]1CCCN(C(=O)CC)C1)c1cccnc1. The molecule has 2 atom stereocenters. The molecule has 0 N–H and O–H groups in total. The molecule has 1 aromatic rings. The summed E-state index contributed by atoms with van der Waals surface area (Å²) in [5.41, 5.74) is 0.464. The number of nitrogens with zero attached hydrogens (tertiary/aromatic N) is 2. The monoisotopic (exact) mass is 348 g/mol. The van der Waals surface area contributed by atoms with Crippen molar-refractivity contribution in [2.75, 3.05) is 19.7 Å². The van der Waals surface area contributed by atoms with Crippen LogP contribution in [0.5, 0.6) is 0 Å². The molecule has 1 aliphatic heterocycles. The third-order valence-corrected chi connectivity index (χ3v) is 4.13. The van der Waals surface area contributed by atoms with Gasteiger partial charge in [-0.25, -0.2) is 4.79 Å². The van der Waals surface area contributed by atoms with Crippen molar-refractivity contribution in [3.05, 3.63) is 30.1 Å². The van der Waals surface area contributed by atoms with Crippen molar-refractivity contribution in [1.29, 1.82) is 0 Å². The summed E-state index contributed by atoms with van der Waals surface area (Å²) in [6.07, 6.45) is 3.68. The van der Waals surface area contributed by atoms with Gasteiger partial charge in [-0.15, -0.1) is 0 Å². The summed E-state index contributed by atoms with van der Waals surface area (Å²) >= 11 is 0. The number of piperidine rings is 1. The smallest absolute Gasteiger partial charge is 0.352 e. The number of pyridine rings is 1. The topological polar surface area (TPSA) is 85.8 Å². The lowest BCUT2D eigenvalue weighted by molar-refractivity contribution is -0.172. The van der Waals surface area contributed by atoms with Gasteiger partial charge in [-0.2, -0.15) is 0 Å².